The summed E-state index contributed by atoms with van der Waals surface area (Å²) in [6.07, 6.45) is 2.21. The van der Waals surface area contributed by atoms with Gasteiger partial charge in [-0.2, -0.15) is 0 Å². The van der Waals surface area contributed by atoms with Crippen molar-refractivity contribution < 1.29 is 4.79 Å². The molecule has 16 heavy (non-hydrogen) atoms. The third-order valence-corrected chi connectivity index (χ3v) is 3.23. The van der Waals surface area contributed by atoms with Crippen LogP contribution in [0.5, 0.6) is 0 Å². The van der Waals surface area contributed by atoms with Crippen LogP contribution < -0.4 is 11.1 Å². The van der Waals surface area contributed by atoms with Crippen LogP contribution >= 0.6 is 0 Å². The van der Waals surface area contributed by atoms with Gasteiger partial charge in [0.2, 0.25) is 0 Å². The molecule has 1 aliphatic heterocycles. The highest BCUT2D eigenvalue weighted by Gasteiger charge is 2.19. The van der Waals surface area contributed by atoms with Crippen LogP contribution in [-0.2, 0) is 0 Å². The van der Waals surface area contributed by atoms with Gasteiger partial charge in [0.25, 0.3) is 0 Å². The van der Waals surface area contributed by atoms with Gasteiger partial charge in [0, 0.05) is 5.56 Å². The monoisotopic (exact) mass is 218 g/mol. The molecule has 0 atom stereocenters. The third kappa shape index (κ3) is 2.31. The lowest BCUT2D eigenvalue weighted by atomic mass is 9.86. The van der Waals surface area contributed by atoms with Crippen LogP contribution in [0.4, 0.5) is 0 Å². The van der Waals surface area contributed by atoms with Crippen LogP contribution in [0.15, 0.2) is 24.3 Å². The minimum Gasteiger partial charge on any atom is -0.324 e. The van der Waals surface area contributed by atoms with Gasteiger partial charge in [-0.25, -0.2) is 0 Å². The molecule has 0 unspecified atom stereocenters. The van der Waals surface area contributed by atoms with E-state index in [1.54, 1.807) is 0 Å². The summed E-state index contributed by atoms with van der Waals surface area (Å²) in [6.45, 7) is 2.17. The van der Waals surface area contributed by atoms with Gasteiger partial charge in [0.1, 0.15) is 0 Å². The first-order chi connectivity index (χ1) is 7.83. The summed E-state index contributed by atoms with van der Waals surface area (Å²) >= 11 is 0. The van der Waals surface area contributed by atoms with Crippen molar-refractivity contribution in [3.05, 3.63) is 35.4 Å². The van der Waals surface area contributed by atoms with Crippen LogP contribution in [-0.4, -0.2) is 25.4 Å². The number of ketones is 1. The van der Waals surface area contributed by atoms with E-state index in [0.717, 1.165) is 31.5 Å². The number of benzene rings is 1. The van der Waals surface area contributed by atoms with Crippen molar-refractivity contribution in [1.82, 2.24) is 5.32 Å². The Morgan fingerprint density at radius 3 is 2.69 bits per heavy atom. The van der Waals surface area contributed by atoms with Gasteiger partial charge in [-0.1, -0.05) is 24.3 Å². The van der Waals surface area contributed by atoms with E-state index in [4.69, 9.17) is 5.73 Å². The highest BCUT2D eigenvalue weighted by Crippen LogP contribution is 2.28. The van der Waals surface area contributed by atoms with Crippen LogP contribution in [0.25, 0.3) is 0 Å². The van der Waals surface area contributed by atoms with Crippen molar-refractivity contribution in [1.29, 1.82) is 0 Å². The maximum absolute atomic E-state index is 11.7. The quantitative estimate of drug-likeness (QED) is 0.752. The standard InChI is InChI=1S/C13H18N2O/c14-9-13(16)12-4-2-1-3-11(12)10-5-7-15-8-6-10/h1-4,10,15H,5-9,14H2. The lowest BCUT2D eigenvalue weighted by Gasteiger charge is -2.24. The number of piperidine rings is 1. The molecule has 3 nitrogen and oxygen atoms in total. The van der Waals surface area contributed by atoms with E-state index in [9.17, 15) is 4.79 Å². The van der Waals surface area contributed by atoms with Crippen molar-refractivity contribution in [2.75, 3.05) is 19.6 Å². The maximum Gasteiger partial charge on any atom is 0.176 e. The largest absolute Gasteiger partial charge is 0.324 e. The second kappa shape index (κ2) is 5.23. The number of nitrogens with two attached hydrogens (primary N) is 1. The van der Waals surface area contributed by atoms with E-state index in [2.05, 4.69) is 11.4 Å². The zero-order chi connectivity index (χ0) is 11.4. The van der Waals surface area contributed by atoms with Crippen LogP contribution in [0, 0.1) is 0 Å². The molecule has 1 saturated heterocycles. The van der Waals surface area contributed by atoms with Crippen molar-refractivity contribution >= 4 is 5.78 Å². The Morgan fingerprint density at radius 1 is 1.31 bits per heavy atom. The minimum absolute atomic E-state index is 0.0501. The molecule has 0 radical (unpaired) electrons. The molecule has 86 valence electrons. The number of rotatable bonds is 3. The molecular weight excluding hydrogens is 200 g/mol. The fourth-order valence-electron chi connectivity index (χ4n) is 2.35. The summed E-state index contributed by atoms with van der Waals surface area (Å²) < 4.78 is 0. The van der Waals surface area contributed by atoms with E-state index >= 15 is 0 Å². The lowest BCUT2D eigenvalue weighted by Crippen LogP contribution is -2.28. The molecule has 3 heteroatoms. The number of nitrogens with one attached hydrogen (secondary N) is 1. The van der Waals surface area contributed by atoms with Crippen molar-refractivity contribution in [3.8, 4) is 0 Å². The van der Waals surface area contributed by atoms with Crippen LogP contribution in [0.1, 0.15) is 34.7 Å². The fraction of sp³-hybridized carbons (Fsp3) is 0.462. The summed E-state index contributed by atoms with van der Waals surface area (Å²) in [5.41, 5.74) is 7.44. The molecule has 3 N–H and O–H groups in total. The Hall–Kier alpha value is -1.19. The smallest absolute Gasteiger partial charge is 0.176 e. The summed E-state index contributed by atoms with van der Waals surface area (Å²) in [5.74, 6) is 0.557. The Balaban J connectivity index is 2.28. The minimum atomic E-state index is 0.0501. The first kappa shape index (κ1) is 11.3. The zero-order valence-corrected chi connectivity index (χ0v) is 9.41. The van der Waals surface area contributed by atoms with Crippen molar-refractivity contribution in [2.24, 2.45) is 5.73 Å². The highest BCUT2D eigenvalue weighted by atomic mass is 16.1. The number of hydrogen-bond acceptors (Lipinski definition) is 3. The first-order valence-corrected chi connectivity index (χ1v) is 5.86. The molecule has 0 bridgehead atoms. The van der Waals surface area contributed by atoms with Crippen molar-refractivity contribution in [2.45, 2.75) is 18.8 Å². The number of carbonyl (C=O) groups is 1. The summed E-state index contributed by atoms with van der Waals surface area (Å²) in [7, 11) is 0. The average molecular weight is 218 g/mol. The molecule has 1 heterocycles. The van der Waals surface area contributed by atoms with E-state index in [0.29, 0.717) is 5.92 Å². The lowest BCUT2D eigenvalue weighted by molar-refractivity contribution is 0.1000. The Bertz CT molecular complexity index is 370. The highest BCUT2D eigenvalue weighted by molar-refractivity contribution is 5.99. The molecule has 1 aromatic rings. The molecular formula is C13H18N2O. The molecule has 0 saturated carbocycles. The van der Waals surface area contributed by atoms with Gasteiger partial charge in [-0.3, -0.25) is 4.79 Å². The van der Waals surface area contributed by atoms with E-state index in [1.165, 1.54) is 5.56 Å². The van der Waals surface area contributed by atoms with Gasteiger partial charge in [-0.05, 0) is 37.4 Å². The molecule has 0 aliphatic carbocycles. The Kier molecular flexibility index (Phi) is 3.70. The van der Waals surface area contributed by atoms with Gasteiger partial charge in [0.05, 0.1) is 6.54 Å². The predicted molar refractivity (Wildman–Crippen MR) is 64.7 cm³/mol. The normalized spacial score (nSPS) is 17.3. The predicted octanol–water partition coefficient (Wildman–Crippen LogP) is 1.29. The summed E-state index contributed by atoms with van der Waals surface area (Å²) in [5, 5.41) is 3.34. The molecule has 0 spiro atoms. The Labute approximate surface area is 96.0 Å². The van der Waals surface area contributed by atoms with Gasteiger partial charge < -0.3 is 11.1 Å². The molecule has 2 rings (SSSR count). The second-order valence-corrected chi connectivity index (χ2v) is 4.24. The van der Waals surface area contributed by atoms with Crippen molar-refractivity contribution in [3.63, 3.8) is 0 Å². The molecule has 1 aromatic carbocycles. The fourth-order valence-corrected chi connectivity index (χ4v) is 2.35. The van der Waals surface area contributed by atoms with E-state index in [1.807, 2.05) is 18.2 Å². The van der Waals surface area contributed by atoms with Gasteiger partial charge in [-0.15, -0.1) is 0 Å². The average Bonchev–Trinajstić information content (AvgIpc) is 2.39. The van der Waals surface area contributed by atoms with Crippen LogP contribution in [0.3, 0.4) is 0 Å². The molecule has 0 amide bonds. The summed E-state index contributed by atoms with van der Waals surface area (Å²) in [4.78, 5) is 11.7. The van der Waals surface area contributed by atoms with Gasteiger partial charge in [0.15, 0.2) is 5.78 Å². The first-order valence-electron chi connectivity index (χ1n) is 5.86. The summed E-state index contributed by atoms with van der Waals surface area (Å²) in [6, 6.07) is 7.88. The van der Waals surface area contributed by atoms with E-state index < -0.39 is 0 Å². The molecule has 1 fully saturated rings. The maximum atomic E-state index is 11.7. The third-order valence-electron chi connectivity index (χ3n) is 3.23. The second-order valence-electron chi connectivity index (χ2n) is 4.24. The Morgan fingerprint density at radius 2 is 2.00 bits per heavy atom. The van der Waals surface area contributed by atoms with E-state index in [-0.39, 0.29) is 12.3 Å². The number of carbonyl (C=O) groups excluding carboxylic acids is 1. The SMILES string of the molecule is NCC(=O)c1ccccc1C1CCNCC1. The molecule has 1 aliphatic rings. The number of hydrogen-bond donors (Lipinski definition) is 2. The van der Waals surface area contributed by atoms with Crippen LogP contribution in [0.2, 0.25) is 0 Å². The zero-order valence-electron chi connectivity index (χ0n) is 9.41. The molecule has 0 aromatic heterocycles. The topological polar surface area (TPSA) is 55.1 Å². The number of Topliss-reactive ketones (excluding diaryl/α,β-unsaturated/α-hetero) is 1. The van der Waals surface area contributed by atoms with Gasteiger partial charge >= 0.3 is 0 Å².